The molecule has 1 aliphatic rings. The molecule has 1 atom stereocenters. The van der Waals surface area contributed by atoms with Gasteiger partial charge in [0, 0.05) is 15.5 Å². The van der Waals surface area contributed by atoms with Gasteiger partial charge in [-0.3, -0.25) is 0 Å². The lowest BCUT2D eigenvalue weighted by atomic mass is 10.0. The minimum absolute atomic E-state index is 0.162. The van der Waals surface area contributed by atoms with E-state index in [1.807, 2.05) is 12.1 Å². The molecule has 0 saturated heterocycles. The van der Waals surface area contributed by atoms with Crippen LogP contribution in [0.3, 0.4) is 0 Å². The van der Waals surface area contributed by atoms with E-state index >= 15 is 0 Å². The van der Waals surface area contributed by atoms with Gasteiger partial charge in [-0.05, 0) is 42.5 Å². The maximum absolute atomic E-state index is 6.06. The molecule has 70 valence electrons. The van der Waals surface area contributed by atoms with Gasteiger partial charge in [0.25, 0.3) is 0 Å². The molecule has 1 unspecified atom stereocenters. The van der Waals surface area contributed by atoms with Crippen LogP contribution in [0.1, 0.15) is 24.4 Å². The fraction of sp³-hybridized carbons (Fsp3) is 0.400. The molecule has 1 aromatic carbocycles. The highest BCUT2D eigenvalue weighted by Gasteiger charge is 2.29. The van der Waals surface area contributed by atoms with Crippen molar-refractivity contribution >= 4 is 27.5 Å². The molecule has 2 N–H and O–H groups in total. The standard InChI is InChI=1S/C10H11BrClN/c11-8-3-7(4-9(12)5-8)10(13)6-1-2-6/h3-6,10H,1-2,13H2. The molecule has 1 aromatic rings. The van der Waals surface area contributed by atoms with Gasteiger partial charge in [-0.1, -0.05) is 27.5 Å². The molecule has 1 fully saturated rings. The minimum atomic E-state index is 0.162. The SMILES string of the molecule is NC(c1cc(Cl)cc(Br)c1)C1CC1. The average Bonchev–Trinajstić information content (AvgIpc) is 2.83. The zero-order valence-corrected chi connectivity index (χ0v) is 9.48. The largest absolute Gasteiger partial charge is 0.324 e. The van der Waals surface area contributed by atoms with Gasteiger partial charge in [0.2, 0.25) is 0 Å². The topological polar surface area (TPSA) is 26.0 Å². The lowest BCUT2D eigenvalue weighted by Crippen LogP contribution is -2.12. The van der Waals surface area contributed by atoms with Crippen molar-refractivity contribution in [3.63, 3.8) is 0 Å². The van der Waals surface area contributed by atoms with Crippen molar-refractivity contribution in [2.45, 2.75) is 18.9 Å². The Bertz CT molecular complexity index is 302. The third-order valence-corrected chi connectivity index (χ3v) is 3.08. The van der Waals surface area contributed by atoms with Crippen LogP contribution in [-0.2, 0) is 0 Å². The van der Waals surface area contributed by atoms with E-state index in [2.05, 4.69) is 22.0 Å². The van der Waals surface area contributed by atoms with Crippen molar-refractivity contribution in [2.24, 2.45) is 11.7 Å². The number of benzene rings is 1. The second-order valence-electron chi connectivity index (χ2n) is 3.57. The van der Waals surface area contributed by atoms with E-state index in [-0.39, 0.29) is 6.04 Å². The maximum Gasteiger partial charge on any atom is 0.0420 e. The number of rotatable bonds is 2. The highest BCUT2D eigenvalue weighted by Crippen LogP contribution is 2.40. The maximum atomic E-state index is 6.06. The Labute approximate surface area is 91.4 Å². The number of hydrogen-bond donors (Lipinski definition) is 1. The highest BCUT2D eigenvalue weighted by molar-refractivity contribution is 9.10. The summed E-state index contributed by atoms with van der Waals surface area (Å²) in [4.78, 5) is 0. The van der Waals surface area contributed by atoms with Crippen molar-refractivity contribution in [1.82, 2.24) is 0 Å². The van der Waals surface area contributed by atoms with Crippen LogP contribution < -0.4 is 5.73 Å². The van der Waals surface area contributed by atoms with Crippen molar-refractivity contribution in [1.29, 1.82) is 0 Å². The smallest absolute Gasteiger partial charge is 0.0420 e. The van der Waals surface area contributed by atoms with Crippen molar-refractivity contribution < 1.29 is 0 Å². The Morgan fingerprint density at radius 1 is 1.38 bits per heavy atom. The Balaban J connectivity index is 2.27. The average molecular weight is 261 g/mol. The van der Waals surface area contributed by atoms with Crippen molar-refractivity contribution in [3.8, 4) is 0 Å². The van der Waals surface area contributed by atoms with Crippen LogP contribution >= 0.6 is 27.5 Å². The van der Waals surface area contributed by atoms with E-state index in [9.17, 15) is 0 Å². The van der Waals surface area contributed by atoms with Crippen LogP contribution in [-0.4, -0.2) is 0 Å². The van der Waals surface area contributed by atoms with Crippen molar-refractivity contribution in [2.75, 3.05) is 0 Å². The predicted molar refractivity (Wildman–Crippen MR) is 58.8 cm³/mol. The van der Waals surface area contributed by atoms with E-state index in [1.165, 1.54) is 12.8 Å². The summed E-state index contributed by atoms with van der Waals surface area (Å²) in [6.07, 6.45) is 2.51. The molecule has 2 rings (SSSR count). The lowest BCUT2D eigenvalue weighted by molar-refractivity contribution is 0.633. The summed E-state index contributed by atoms with van der Waals surface area (Å²) in [5.41, 5.74) is 7.20. The number of nitrogens with two attached hydrogens (primary N) is 1. The van der Waals surface area contributed by atoms with Crippen LogP contribution in [0.2, 0.25) is 5.02 Å². The zero-order valence-electron chi connectivity index (χ0n) is 7.13. The molecule has 0 radical (unpaired) electrons. The van der Waals surface area contributed by atoms with Gasteiger partial charge in [-0.15, -0.1) is 0 Å². The fourth-order valence-electron chi connectivity index (χ4n) is 1.50. The van der Waals surface area contributed by atoms with E-state index in [1.54, 1.807) is 0 Å². The van der Waals surface area contributed by atoms with Crippen LogP contribution in [0.25, 0.3) is 0 Å². The molecule has 3 heteroatoms. The summed E-state index contributed by atoms with van der Waals surface area (Å²) in [5.74, 6) is 0.672. The first-order valence-corrected chi connectivity index (χ1v) is 5.55. The van der Waals surface area contributed by atoms with E-state index < -0.39 is 0 Å². The molecule has 1 aliphatic carbocycles. The summed E-state index contributed by atoms with van der Waals surface area (Å²) in [6.45, 7) is 0. The van der Waals surface area contributed by atoms with Crippen LogP contribution in [0.15, 0.2) is 22.7 Å². The van der Waals surface area contributed by atoms with Crippen molar-refractivity contribution in [3.05, 3.63) is 33.3 Å². The normalized spacial score (nSPS) is 18.7. The Hall–Kier alpha value is -0.0500. The van der Waals surface area contributed by atoms with E-state index in [0.29, 0.717) is 5.92 Å². The molecule has 0 amide bonds. The molecule has 0 aromatic heterocycles. The first-order chi connectivity index (χ1) is 6.16. The summed E-state index contributed by atoms with van der Waals surface area (Å²) in [7, 11) is 0. The van der Waals surface area contributed by atoms with Gasteiger partial charge in [0.15, 0.2) is 0 Å². The highest BCUT2D eigenvalue weighted by atomic mass is 79.9. The molecule has 1 saturated carbocycles. The van der Waals surface area contributed by atoms with Gasteiger partial charge in [-0.25, -0.2) is 0 Å². The first kappa shape index (κ1) is 9.50. The minimum Gasteiger partial charge on any atom is -0.324 e. The molecular formula is C10H11BrClN. The third kappa shape index (κ3) is 2.25. The Kier molecular flexibility index (Phi) is 2.63. The molecule has 0 aliphatic heterocycles. The third-order valence-electron chi connectivity index (χ3n) is 2.40. The lowest BCUT2D eigenvalue weighted by Gasteiger charge is -2.11. The molecule has 13 heavy (non-hydrogen) atoms. The summed E-state index contributed by atoms with van der Waals surface area (Å²) >= 11 is 9.34. The fourth-order valence-corrected chi connectivity index (χ4v) is 2.38. The van der Waals surface area contributed by atoms with E-state index in [4.69, 9.17) is 17.3 Å². The molecular weight excluding hydrogens is 249 g/mol. The van der Waals surface area contributed by atoms with Gasteiger partial charge < -0.3 is 5.73 Å². The Morgan fingerprint density at radius 2 is 2.08 bits per heavy atom. The second kappa shape index (κ2) is 3.60. The zero-order chi connectivity index (χ0) is 9.42. The van der Waals surface area contributed by atoms with Gasteiger partial charge >= 0.3 is 0 Å². The van der Waals surface area contributed by atoms with Gasteiger partial charge in [0.1, 0.15) is 0 Å². The van der Waals surface area contributed by atoms with E-state index in [0.717, 1.165) is 15.1 Å². The molecule has 0 spiro atoms. The monoisotopic (exact) mass is 259 g/mol. The number of hydrogen-bond acceptors (Lipinski definition) is 1. The second-order valence-corrected chi connectivity index (χ2v) is 4.92. The summed E-state index contributed by atoms with van der Waals surface area (Å²) < 4.78 is 1.01. The molecule has 1 nitrogen and oxygen atoms in total. The van der Waals surface area contributed by atoms with Gasteiger partial charge in [-0.2, -0.15) is 0 Å². The molecule has 0 heterocycles. The quantitative estimate of drug-likeness (QED) is 0.865. The van der Waals surface area contributed by atoms with Crippen LogP contribution in [0.4, 0.5) is 0 Å². The van der Waals surface area contributed by atoms with Crippen LogP contribution in [0.5, 0.6) is 0 Å². The Morgan fingerprint density at radius 3 is 2.62 bits per heavy atom. The molecule has 0 bridgehead atoms. The summed E-state index contributed by atoms with van der Waals surface area (Å²) in [6, 6.07) is 6.05. The van der Waals surface area contributed by atoms with Crippen LogP contribution in [0, 0.1) is 5.92 Å². The first-order valence-electron chi connectivity index (χ1n) is 4.38. The van der Waals surface area contributed by atoms with Gasteiger partial charge in [0.05, 0.1) is 0 Å². The predicted octanol–water partition coefficient (Wildman–Crippen LogP) is 3.51. The summed E-state index contributed by atoms with van der Waals surface area (Å²) in [5, 5.41) is 0.750. The number of halogens is 2.